The molecule has 1 aromatic rings. The summed E-state index contributed by atoms with van der Waals surface area (Å²) >= 11 is 3.17. The Morgan fingerprint density at radius 3 is 2.70 bits per heavy atom. The monoisotopic (exact) mass is 358 g/mol. The molecule has 0 radical (unpaired) electrons. The van der Waals surface area contributed by atoms with E-state index >= 15 is 0 Å². The molecule has 0 spiro atoms. The van der Waals surface area contributed by atoms with Gasteiger partial charge in [0.1, 0.15) is 0 Å². The van der Waals surface area contributed by atoms with E-state index in [9.17, 15) is 4.79 Å². The molecule has 3 N–H and O–H groups in total. The molecular formula is C15H28N5OS2+. The van der Waals surface area contributed by atoms with E-state index in [1.807, 2.05) is 0 Å². The van der Waals surface area contributed by atoms with Crippen LogP contribution in [0.25, 0.3) is 0 Å². The molecule has 0 unspecified atom stereocenters. The summed E-state index contributed by atoms with van der Waals surface area (Å²) in [5.74, 6) is 1.03. The highest BCUT2D eigenvalue weighted by atomic mass is 32.2. The summed E-state index contributed by atoms with van der Waals surface area (Å²) in [4.78, 5) is 13.6. The van der Waals surface area contributed by atoms with Crippen molar-refractivity contribution in [3.63, 3.8) is 0 Å². The number of quaternary nitrogens is 1. The number of amides is 2. The lowest BCUT2D eigenvalue weighted by atomic mass is 9.96. The minimum absolute atomic E-state index is 0.155. The molecule has 0 atom stereocenters. The van der Waals surface area contributed by atoms with Crippen LogP contribution in [0.1, 0.15) is 46.0 Å². The van der Waals surface area contributed by atoms with E-state index in [0.717, 1.165) is 42.6 Å². The zero-order valence-corrected chi connectivity index (χ0v) is 15.7. The second-order valence-electron chi connectivity index (χ2n) is 5.86. The van der Waals surface area contributed by atoms with Crippen molar-refractivity contribution in [2.24, 2.45) is 0 Å². The Kier molecular flexibility index (Phi) is 8.11. The normalized spacial score (nSPS) is 15.8. The quantitative estimate of drug-likeness (QED) is 0.491. The Morgan fingerprint density at radius 1 is 1.26 bits per heavy atom. The van der Waals surface area contributed by atoms with Gasteiger partial charge in [-0.15, -0.1) is 10.2 Å². The van der Waals surface area contributed by atoms with Crippen molar-refractivity contribution in [2.45, 2.75) is 56.3 Å². The molecule has 0 aromatic carbocycles. The maximum atomic E-state index is 12.0. The topological polar surface area (TPSA) is 71.3 Å². The van der Waals surface area contributed by atoms with E-state index in [0.29, 0.717) is 11.2 Å². The molecular weight excluding hydrogens is 330 g/mol. The molecule has 6 nitrogen and oxygen atoms in total. The lowest BCUT2D eigenvalue weighted by Crippen LogP contribution is -3.11. The number of thioether (sulfide) groups is 1. The van der Waals surface area contributed by atoms with Crippen LogP contribution in [0, 0.1) is 0 Å². The summed E-state index contributed by atoms with van der Waals surface area (Å²) in [7, 11) is 0. The zero-order valence-electron chi connectivity index (χ0n) is 14.1. The van der Waals surface area contributed by atoms with E-state index < -0.39 is 0 Å². The van der Waals surface area contributed by atoms with Crippen LogP contribution < -0.4 is 15.5 Å². The summed E-state index contributed by atoms with van der Waals surface area (Å²) in [5.41, 5.74) is 0. The van der Waals surface area contributed by atoms with Gasteiger partial charge in [0.15, 0.2) is 4.34 Å². The number of hydrogen-bond donors (Lipinski definition) is 3. The number of rotatable bonds is 8. The molecule has 8 heteroatoms. The predicted octanol–water partition coefficient (Wildman–Crippen LogP) is 2.01. The molecule has 130 valence electrons. The number of nitrogens with one attached hydrogen (secondary N) is 3. The third kappa shape index (κ3) is 6.64. The predicted molar refractivity (Wildman–Crippen MR) is 96.6 cm³/mol. The van der Waals surface area contributed by atoms with Crippen LogP contribution in [0.2, 0.25) is 0 Å². The minimum Gasteiger partial charge on any atom is -0.335 e. The van der Waals surface area contributed by atoms with Gasteiger partial charge in [0.25, 0.3) is 0 Å². The van der Waals surface area contributed by atoms with Crippen molar-refractivity contribution in [1.29, 1.82) is 0 Å². The van der Waals surface area contributed by atoms with Gasteiger partial charge in [-0.05, 0) is 26.7 Å². The van der Waals surface area contributed by atoms with Crippen LogP contribution in [0.15, 0.2) is 4.34 Å². The number of carbonyl (C=O) groups excluding carboxylic acids is 1. The van der Waals surface area contributed by atoms with Crippen LogP contribution in [-0.2, 0) is 0 Å². The summed E-state index contributed by atoms with van der Waals surface area (Å²) in [6.07, 6.45) is 5.86. The first-order valence-electron chi connectivity index (χ1n) is 8.58. The zero-order chi connectivity index (χ0) is 16.5. The van der Waals surface area contributed by atoms with E-state index in [1.165, 1.54) is 30.6 Å². The van der Waals surface area contributed by atoms with E-state index in [4.69, 9.17) is 0 Å². The molecule has 1 aliphatic rings. The molecule has 1 aromatic heterocycles. The number of aromatic nitrogens is 2. The third-order valence-electron chi connectivity index (χ3n) is 4.25. The van der Waals surface area contributed by atoms with Gasteiger partial charge in [0.2, 0.25) is 5.13 Å². The fourth-order valence-electron chi connectivity index (χ4n) is 2.77. The number of carbonyl (C=O) groups is 1. The van der Waals surface area contributed by atoms with Crippen molar-refractivity contribution in [3.05, 3.63) is 0 Å². The molecule has 1 saturated carbocycles. The number of hydrogen-bond acceptors (Lipinski definition) is 5. The maximum absolute atomic E-state index is 12.0. The number of anilines is 1. The van der Waals surface area contributed by atoms with Crippen LogP contribution in [-0.4, -0.2) is 47.7 Å². The molecule has 0 saturated heterocycles. The average Bonchev–Trinajstić information content (AvgIpc) is 2.99. The van der Waals surface area contributed by atoms with E-state index in [1.54, 1.807) is 16.7 Å². The van der Waals surface area contributed by atoms with Gasteiger partial charge in [-0.25, -0.2) is 4.79 Å². The van der Waals surface area contributed by atoms with Crippen LogP contribution in [0.5, 0.6) is 0 Å². The standard InChI is InChI=1S/C15H27N5OS2/c1-3-20(4-2)10-11-22-15-19-18-14(23-15)17-13(21)16-12-8-6-5-7-9-12/h12H,3-11H2,1-2H3,(H2,16,17,18,21)/p+1. The summed E-state index contributed by atoms with van der Waals surface area (Å²) in [6.45, 7) is 7.85. The Balaban J connectivity index is 1.70. The lowest BCUT2D eigenvalue weighted by Gasteiger charge is -2.22. The summed E-state index contributed by atoms with van der Waals surface area (Å²) in [5, 5.41) is 14.6. The molecule has 1 aliphatic carbocycles. The molecule has 1 fully saturated rings. The van der Waals surface area contributed by atoms with Gasteiger partial charge >= 0.3 is 6.03 Å². The van der Waals surface area contributed by atoms with Gasteiger partial charge in [-0.1, -0.05) is 42.4 Å². The summed E-state index contributed by atoms with van der Waals surface area (Å²) < 4.78 is 0.921. The van der Waals surface area contributed by atoms with E-state index in [2.05, 4.69) is 34.7 Å². The van der Waals surface area contributed by atoms with Crippen molar-refractivity contribution < 1.29 is 9.69 Å². The SMILES string of the molecule is CC[NH+](CC)CCSc1nnc(NC(=O)NC2CCCCC2)s1. The van der Waals surface area contributed by atoms with Crippen LogP contribution in [0.3, 0.4) is 0 Å². The Labute approximate surface area is 146 Å². The molecule has 1 heterocycles. The third-order valence-corrected chi connectivity index (χ3v) is 6.22. The molecule has 0 aliphatic heterocycles. The van der Waals surface area contributed by atoms with Gasteiger partial charge in [0, 0.05) is 11.8 Å². The number of urea groups is 1. The van der Waals surface area contributed by atoms with Crippen molar-refractivity contribution in [3.8, 4) is 0 Å². The fourth-order valence-corrected chi connectivity index (χ4v) is 4.63. The Morgan fingerprint density at radius 2 is 2.00 bits per heavy atom. The first-order valence-corrected chi connectivity index (χ1v) is 10.4. The van der Waals surface area contributed by atoms with Gasteiger partial charge in [0.05, 0.1) is 19.6 Å². The second-order valence-corrected chi connectivity index (χ2v) is 8.18. The van der Waals surface area contributed by atoms with Crippen molar-refractivity contribution in [2.75, 3.05) is 30.7 Å². The second kappa shape index (κ2) is 10.1. The highest BCUT2D eigenvalue weighted by Crippen LogP contribution is 2.25. The number of nitrogens with zero attached hydrogens (tertiary/aromatic N) is 2. The highest BCUT2D eigenvalue weighted by Gasteiger charge is 2.16. The molecule has 23 heavy (non-hydrogen) atoms. The lowest BCUT2D eigenvalue weighted by molar-refractivity contribution is -0.893. The Bertz CT molecular complexity index is 472. The van der Waals surface area contributed by atoms with Crippen LogP contribution >= 0.6 is 23.1 Å². The minimum atomic E-state index is -0.155. The van der Waals surface area contributed by atoms with Crippen LogP contribution in [0.4, 0.5) is 9.93 Å². The average molecular weight is 359 g/mol. The highest BCUT2D eigenvalue weighted by molar-refractivity contribution is 8.01. The molecule has 2 rings (SSSR count). The first-order chi connectivity index (χ1) is 11.2. The Hall–Kier alpha value is -0.860. The van der Waals surface area contributed by atoms with E-state index in [-0.39, 0.29) is 6.03 Å². The smallest absolute Gasteiger partial charge is 0.321 e. The van der Waals surface area contributed by atoms with Gasteiger partial charge < -0.3 is 10.2 Å². The van der Waals surface area contributed by atoms with Crippen molar-refractivity contribution >= 4 is 34.3 Å². The summed E-state index contributed by atoms with van der Waals surface area (Å²) in [6, 6.07) is 0.153. The molecule has 0 bridgehead atoms. The largest absolute Gasteiger partial charge is 0.335 e. The maximum Gasteiger partial charge on any atom is 0.321 e. The van der Waals surface area contributed by atoms with Gasteiger partial charge in [-0.3, -0.25) is 5.32 Å². The molecule has 2 amide bonds. The van der Waals surface area contributed by atoms with Crippen molar-refractivity contribution in [1.82, 2.24) is 15.5 Å². The first kappa shape index (κ1) is 18.5. The van der Waals surface area contributed by atoms with Gasteiger partial charge in [-0.2, -0.15) is 0 Å². The fraction of sp³-hybridized carbons (Fsp3) is 0.800.